The van der Waals surface area contributed by atoms with Crippen molar-refractivity contribution in [2.45, 2.75) is 25.2 Å². The highest BCUT2D eigenvalue weighted by atomic mass is 32.2. The molecule has 1 aromatic rings. The molecule has 0 aromatic heterocycles. The van der Waals surface area contributed by atoms with Crippen LogP contribution in [0.4, 0.5) is 10.1 Å². The summed E-state index contributed by atoms with van der Waals surface area (Å²) >= 11 is 0. The third kappa shape index (κ3) is 2.60. The molecule has 0 spiro atoms. The van der Waals surface area contributed by atoms with Crippen LogP contribution in [0, 0.1) is 28.8 Å². The van der Waals surface area contributed by atoms with Crippen LogP contribution < -0.4 is 0 Å². The van der Waals surface area contributed by atoms with Gasteiger partial charge in [-0.15, -0.1) is 0 Å². The van der Waals surface area contributed by atoms with E-state index < -0.39 is 37.3 Å². The molecule has 1 amide bonds. The van der Waals surface area contributed by atoms with Crippen LogP contribution in [0.1, 0.15) is 18.9 Å². The molecule has 0 bridgehead atoms. The Hall–Kier alpha value is -2.03. The number of carbonyl (C=O) groups excluding carboxylic acids is 1. The average Bonchev–Trinajstić information content (AvgIpc) is 2.68. The summed E-state index contributed by atoms with van der Waals surface area (Å²) in [5.74, 6) is -1.80. The van der Waals surface area contributed by atoms with E-state index in [1.165, 1.54) is 6.92 Å². The maximum absolute atomic E-state index is 13.5. The number of nitro groups is 1. The lowest BCUT2D eigenvalue weighted by Crippen LogP contribution is -2.33. The topological polar surface area (TPSA) is 97.6 Å². The summed E-state index contributed by atoms with van der Waals surface area (Å²) in [5.41, 5.74) is -0.913. The van der Waals surface area contributed by atoms with Gasteiger partial charge in [-0.1, -0.05) is 6.92 Å². The van der Waals surface area contributed by atoms with E-state index >= 15 is 0 Å². The predicted molar refractivity (Wildman–Crippen MR) is 70.5 cm³/mol. The Bertz CT molecular complexity index is 731. The second kappa shape index (κ2) is 5.06. The highest BCUT2D eigenvalue weighted by molar-refractivity contribution is 7.89. The number of hydrogen-bond acceptors (Lipinski definition) is 5. The molecule has 0 N–H and O–H groups in total. The molecule has 0 radical (unpaired) electrons. The van der Waals surface area contributed by atoms with Crippen molar-refractivity contribution in [2.24, 2.45) is 5.92 Å². The Morgan fingerprint density at radius 1 is 1.43 bits per heavy atom. The van der Waals surface area contributed by atoms with Crippen molar-refractivity contribution in [1.29, 1.82) is 0 Å². The SMILES string of the molecule is Cc1cc(F)c([N+](=O)[O-])cc1S(=O)(=O)N1CC(C)CC1=O. The lowest BCUT2D eigenvalue weighted by atomic mass is 10.2. The van der Waals surface area contributed by atoms with E-state index in [0.717, 1.165) is 6.07 Å². The van der Waals surface area contributed by atoms with Crippen molar-refractivity contribution in [1.82, 2.24) is 4.31 Å². The molecule has 114 valence electrons. The van der Waals surface area contributed by atoms with Crippen molar-refractivity contribution >= 4 is 21.6 Å². The van der Waals surface area contributed by atoms with Gasteiger partial charge in [-0.25, -0.2) is 12.7 Å². The number of nitro benzene ring substituents is 1. The fourth-order valence-electron chi connectivity index (χ4n) is 2.26. The highest BCUT2D eigenvalue weighted by Crippen LogP contribution is 2.30. The molecule has 21 heavy (non-hydrogen) atoms. The summed E-state index contributed by atoms with van der Waals surface area (Å²) in [7, 11) is -4.21. The normalized spacial score (nSPS) is 19.1. The van der Waals surface area contributed by atoms with Gasteiger partial charge in [-0.2, -0.15) is 4.39 Å². The number of benzene rings is 1. The third-order valence-electron chi connectivity index (χ3n) is 3.29. The number of halogens is 1. The van der Waals surface area contributed by atoms with Gasteiger partial charge < -0.3 is 0 Å². The van der Waals surface area contributed by atoms with Crippen LogP contribution in [0.25, 0.3) is 0 Å². The molecule has 1 aliphatic rings. The van der Waals surface area contributed by atoms with Crippen LogP contribution in [-0.4, -0.2) is 30.1 Å². The van der Waals surface area contributed by atoms with Gasteiger partial charge in [-0.05, 0) is 24.5 Å². The number of sulfonamides is 1. The van der Waals surface area contributed by atoms with Gasteiger partial charge >= 0.3 is 5.69 Å². The lowest BCUT2D eigenvalue weighted by molar-refractivity contribution is -0.387. The van der Waals surface area contributed by atoms with Crippen molar-refractivity contribution in [3.63, 3.8) is 0 Å². The Kier molecular flexibility index (Phi) is 3.70. The first kappa shape index (κ1) is 15.4. The van der Waals surface area contributed by atoms with E-state index in [1.807, 2.05) is 0 Å². The quantitative estimate of drug-likeness (QED) is 0.623. The van der Waals surface area contributed by atoms with Gasteiger partial charge in [0.15, 0.2) is 0 Å². The summed E-state index contributed by atoms with van der Waals surface area (Å²) in [6.07, 6.45) is 0.0988. The Morgan fingerprint density at radius 2 is 2.05 bits per heavy atom. The standard InChI is InChI=1S/C12H13FN2O5S/c1-7-3-12(16)14(6-7)21(19,20)11-5-10(15(17)18)9(13)4-8(11)2/h4-5,7H,3,6H2,1-2H3. The van der Waals surface area contributed by atoms with E-state index in [-0.39, 0.29) is 24.4 Å². The lowest BCUT2D eigenvalue weighted by Gasteiger charge is -2.18. The zero-order valence-electron chi connectivity index (χ0n) is 11.4. The largest absolute Gasteiger partial charge is 0.306 e. The van der Waals surface area contributed by atoms with E-state index in [4.69, 9.17) is 0 Å². The molecule has 7 nitrogen and oxygen atoms in total. The van der Waals surface area contributed by atoms with Crippen LogP contribution in [0.2, 0.25) is 0 Å². The highest BCUT2D eigenvalue weighted by Gasteiger charge is 2.38. The Balaban J connectivity index is 2.58. The molecule has 0 aliphatic carbocycles. The summed E-state index contributed by atoms with van der Waals surface area (Å²) in [6.45, 7) is 3.07. The summed E-state index contributed by atoms with van der Waals surface area (Å²) in [4.78, 5) is 21.1. The maximum Gasteiger partial charge on any atom is 0.306 e. The molecule has 2 rings (SSSR count). The summed E-state index contributed by atoms with van der Waals surface area (Å²) < 4.78 is 39.1. The van der Waals surface area contributed by atoms with Crippen LogP contribution >= 0.6 is 0 Å². The van der Waals surface area contributed by atoms with E-state index in [0.29, 0.717) is 10.4 Å². The fourth-order valence-corrected chi connectivity index (χ4v) is 4.02. The molecular weight excluding hydrogens is 303 g/mol. The van der Waals surface area contributed by atoms with Gasteiger partial charge in [0.25, 0.3) is 10.0 Å². The van der Waals surface area contributed by atoms with Crippen LogP contribution in [0.15, 0.2) is 17.0 Å². The molecule has 1 aliphatic heterocycles. The van der Waals surface area contributed by atoms with E-state index in [2.05, 4.69) is 0 Å². The smallest absolute Gasteiger partial charge is 0.274 e. The molecule has 0 saturated carbocycles. The van der Waals surface area contributed by atoms with Gasteiger partial charge in [0.1, 0.15) is 0 Å². The number of carbonyl (C=O) groups is 1. The van der Waals surface area contributed by atoms with E-state index in [1.54, 1.807) is 6.92 Å². The first-order chi connectivity index (χ1) is 9.64. The fraction of sp³-hybridized carbons (Fsp3) is 0.417. The molecule has 1 atom stereocenters. The average molecular weight is 316 g/mol. The van der Waals surface area contributed by atoms with Crippen LogP contribution in [-0.2, 0) is 14.8 Å². The minimum atomic E-state index is -4.21. The monoisotopic (exact) mass is 316 g/mol. The van der Waals surface area contributed by atoms with E-state index in [9.17, 15) is 27.7 Å². The summed E-state index contributed by atoms with van der Waals surface area (Å²) in [5, 5.41) is 10.7. The number of hydrogen-bond donors (Lipinski definition) is 0. The van der Waals surface area contributed by atoms with Crippen LogP contribution in [0.3, 0.4) is 0 Å². The molecule has 1 unspecified atom stereocenters. The predicted octanol–water partition coefficient (Wildman–Crippen LogP) is 1.60. The molecule has 1 heterocycles. The number of aryl methyl sites for hydroxylation is 1. The molecule has 1 fully saturated rings. The van der Waals surface area contributed by atoms with Gasteiger partial charge in [0, 0.05) is 19.0 Å². The maximum atomic E-state index is 13.5. The molecule has 9 heteroatoms. The first-order valence-corrected chi connectivity index (χ1v) is 7.58. The summed E-state index contributed by atoms with van der Waals surface area (Å²) in [6, 6.07) is 1.45. The Labute approximate surface area is 120 Å². The second-order valence-corrected chi connectivity index (χ2v) is 6.90. The van der Waals surface area contributed by atoms with Crippen molar-refractivity contribution in [3.8, 4) is 0 Å². The number of amides is 1. The Morgan fingerprint density at radius 3 is 2.52 bits per heavy atom. The van der Waals surface area contributed by atoms with Gasteiger partial charge in [-0.3, -0.25) is 14.9 Å². The molecule has 1 aromatic carbocycles. The minimum absolute atomic E-state index is 0.0189. The van der Waals surface area contributed by atoms with Gasteiger partial charge in [0.2, 0.25) is 11.7 Å². The zero-order chi connectivity index (χ0) is 15.9. The van der Waals surface area contributed by atoms with Crippen molar-refractivity contribution < 1.29 is 22.5 Å². The number of nitrogens with zero attached hydrogens (tertiary/aromatic N) is 2. The zero-order valence-corrected chi connectivity index (χ0v) is 12.2. The second-order valence-electron chi connectivity index (χ2n) is 5.07. The van der Waals surface area contributed by atoms with Crippen LogP contribution in [0.5, 0.6) is 0 Å². The molecule has 1 saturated heterocycles. The number of rotatable bonds is 3. The molecular formula is C12H13FN2O5S. The third-order valence-corrected chi connectivity index (χ3v) is 5.22. The van der Waals surface area contributed by atoms with Crippen molar-refractivity contribution in [2.75, 3.05) is 6.54 Å². The first-order valence-electron chi connectivity index (χ1n) is 6.14. The van der Waals surface area contributed by atoms with Crippen molar-refractivity contribution in [3.05, 3.63) is 33.6 Å². The van der Waals surface area contributed by atoms with Gasteiger partial charge in [0.05, 0.1) is 9.82 Å². The minimum Gasteiger partial charge on any atom is -0.274 e.